The van der Waals surface area contributed by atoms with Gasteiger partial charge in [-0.2, -0.15) is 0 Å². The number of carboxylic acid groups (broad SMARTS) is 1. The monoisotopic (exact) mass is 184 g/mol. The molecule has 1 aliphatic heterocycles. The molecule has 0 aromatic rings. The van der Waals surface area contributed by atoms with Gasteiger partial charge >= 0.3 is 5.97 Å². The van der Waals surface area contributed by atoms with E-state index in [1.165, 1.54) is 0 Å². The molecule has 0 aromatic heterocycles. The van der Waals surface area contributed by atoms with Gasteiger partial charge in [0.15, 0.2) is 5.79 Å². The van der Waals surface area contributed by atoms with Crippen LogP contribution in [0.1, 0.15) is 12.8 Å². The Morgan fingerprint density at radius 1 is 1.38 bits per heavy atom. The van der Waals surface area contributed by atoms with E-state index < -0.39 is 11.8 Å². The van der Waals surface area contributed by atoms with Gasteiger partial charge in [0, 0.05) is 12.3 Å². The first-order valence-electron chi connectivity index (χ1n) is 4.75. The van der Waals surface area contributed by atoms with E-state index in [1.54, 1.807) is 0 Å². The van der Waals surface area contributed by atoms with E-state index in [1.807, 2.05) is 0 Å². The van der Waals surface area contributed by atoms with E-state index in [0.29, 0.717) is 19.1 Å². The summed E-state index contributed by atoms with van der Waals surface area (Å²) in [4.78, 5) is 10.8. The molecule has 0 bridgehead atoms. The van der Waals surface area contributed by atoms with Crippen LogP contribution in [0.25, 0.3) is 0 Å². The molecular weight excluding hydrogens is 172 g/mol. The van der Waals surface area contributed by atoms with Crippen molar-refractivity contribution in [3.8, 4) is 0 Å². The largest absolute Gasteiger partial charge is 0.481 e. The van der Waals surface area contributed by atoms with Crippen molar-refractivity contribution < 1.29 is 19.4 Å². The fourth-order valence-corrected chi connectivity index (χ4v) is 3.01. The van der Waals surface area contributed by atoms with E-state index >= 15 is 0 Å². The molecule has 0 amide bonds. The number of aliphatic carboxylic acids is 1. The van der Waals surface area contributed by atoms with Crippen LogP contribution in [0.5, 0.6) is 0 Å². The van der Waals surface area contributed by atoms with E-state index in [4.69, 9.17) is 14.6 Å². The summed E-state index contributed by atoms with van der Waals surface area (Å²) in [6.07, 6.45) is 1.83. The predicted molar refractivity (Wildman–Crippen MR) is 42.0 cm³/mol. The van der Waals surface area contributed by atoms with Crippen LogP contribution in [0.15, 0.2) is 0 Å². The third-order valence-corrected chi connectivity index (χ3v) is 3.56. The van der Waals surface area contributed by atoms with E-state index in [9.17, 15) is 4.79 Å². The van der Waals surface area contributed by atoms with Crippen molar-refractivity contribution in [3.63, 3.8) is 0 Å². The molecule has 4 nitrogen and oxygen atoms in total. The zero-order valence-electron chi connectivity index (χ0n) is 7.23. The molecule has 3 rings (SSSR count). The highest BCUT2D eigenvalue weighted by Crippen LogP contribution is 2.64. The number of ether oxygens (including phenoxy) is 2. The van der Waals surface area contributed by atoms with Crippen molar-refractivity contribution in [3.05, 3.63) is 0 Å². The minimum atomic E-state index is -0.687. The Morgan fingerprint density at radius 3 is 2.62 bits per heavy atom. The summed E-state index contributed by atoms with van der Waals surface area (Å²) < 4.78 is 11.1. The van der Waals surface area contributed by atoms with Gasteiger partial charge in [0.1, 0.15) is 0 Å². The number of carboxylic acids is 1. The van der Waals surface area contributed by atoms with Gasteiger partial charge in [-0.15, -0.1) is 0 Å². The second kappa shape index (κ2) is 2.25. The Kier molecular flexibility index (Phi) is 1.34. The molecule has 0 unspecified atom stereocenters. The molecule has 4 heteroatoms. The van der Waals surface area contributed by atoms with Gasteiger partial charge in [-0.05, 0) is 12.3 Å². The second-order valence-corrected chi connectivity index (χ2v) is 4.10. The van der Waals surface area contributed by atoms with Gasteiger partial charge in [0.2, 0.25) is 0 Å². The Morgan fingerprint density at radius 2 is 2.08 bits per heavy atom. The average Bonchev–Trinajstić information content (AvgIpc) is 2.49. The first-order chi connectivity index (χ1) is 6.25. The van der Waals surface area contributed by atoms with Crippen LogP contribution in [-0.2, 0) is 14.3 Å². The Hall–Kier alpha value is -0.610. The van der Waals surface area contributed by atoms with Gasteiger partial charge in [-0.25, -0.2) is 0 Å². The van der Waals surface area contributed by atoms with Gasteiger partial charge < -0.3 is 14.6 Å². The van der Waals surface area contributed by atoms with Gasteiger partial charge in [0.05, 0.1) is 19.1 Å². The molecule has 72 valence electrons. The van der Waals surface area contributed by atoms with Crippen molar-refractivity contribution in [2.45, 2.75) is 18.6 Å². The smallest absolute Gasteiger partial charge is 0.307 e. The predicted octanol–water partition coefficient (Wildman–Crippen LogP) is 0.470. The molecule has 3 aliphatic rings. The molecule has 3 atom stereocenters. The van der Waals surface area contributed by atoms with Crippen LogP contribution in [0.3, 0.4) is 0 Å². The maximum Gasteiger partial charge on any atom is 0.307 e. The quantitative estimate of drug-likeness (QED) is 0.643. The summed E-state index contributed by atoms with van der Waals surface area (Å²) in [6.45, 7) is 1.24. The summed E-state index contributed by atoms with van der Waals surface area (Å²) in [5, 5.41) is 8.89. The van der Waals surface area contributed by atoms with Gasteiger partial charge in [0.25, 0.3) is 0 Å². The van der Waals surface area contributed by atoms with Gasteiger partial charge in [-0.1, -0.05) is 0 Å². The second-order valence-electron chi connectivity index (χ2n) is 4.10. The summed E-state index contributed by atoms with van der Waals surface area (Å²) in [5.74, 6) is -0.948. The van der Waals surface area contributed by atoms with Crippen LogP contribution in [0, 0.1) is 17.8 Å². The third-order valence-electron chi connectivity index (χ3n) is 3.56. The Labute approximate surface area is 75.8 Å². The Balaban J connectivity index is 1.83. The van der Waals surface area contributed by atoms with E-state index in [2.05, 4.69) is 0 Å². The standard InChI is InChI=1S/C9H12O4/c10-8(11)6-5-1-2-9(7(5)6)12-3-4-13-9/h5-7H,1-4H2,(H,10,11)/t5-,6+,7-/m0/s1. The van der Waals surface area contributed by atoms with Crippen molar-refractivity contribution >= 4 is 5.97 Å². The molecule has 1 N–H and O–H groups in total. The summed E-state index contributed by atoms with van der Waals surface area (Å²) >= 11 is 0. The summed E-state index contributed by atoms with van der Waals surface area (Å²) in [6, 6.07) is 0. The highest BCUT2D eigenvalue weighted by molar-refractivity contribution is 5.75. The maximum atomic E-state index is 10.8. The lowest BCUT2D eigenvalue weighted by Gasteiger charge is -2.24. The molecule has 0 radical (unpaired) electrons. The molecule has 1 spiro atoms. The summed E-state index contributed by atoms with van der Waals surface area (Å²) in [7, 11) is 0. The minimum Gasteiger partial charge on any atom is -0.481 e. The van der Waals surface area contributed by atoms with Crippen molar-refractivity contribution in [2.24, 2.45) is 17.8 Å². The fraction of sp³-hybridized carbons (Fsp3) is 0.889. The molecule has 1 saturated heterocycles. The highest BCUT2D eigenvalue weighted by Gasteiger charge is 2.71. The van der Waals surface area contributed by atoms with Crippen molar-refractivity contribution in [1.82, 2.24) is 0 Å². The number of rotatable bonds is 1. The number of fused-ring (bicyclic) bond motifs is 2. The zero-order chi connectivity index (χ0) is 9.05. The van der Waals surface area contributed by atoms with Crippen molar-refractivity contribution in [2.75, 3.05) is 13.2 Å². The van der Waals surface area contributed by atoms with Crippen molar-refractivity contribution in [1.29, 1.82) is 0 Å². The summed E-state index contributed by atoms with van der Waals surface area (Å²) in [5.41, 5.74) is 0. The fourth-order valence-electron chi connectivity index (χ4n) is 3.01. The van der Waals surface area contributed by atoms with Crippen LogP contribution >= 0.6 is 0 Å². The lowest BCUT2D eigenvalue weighted by Crippen LogP contribution is -2.32. The SMILES string of the molecule is O=C(O)[C@@H]1[C@@H]2CCC3(OCCO3)[C@@H]21. The van der Waals surface area contributed by atoms with Crippen LogP contribution < -0.4 is 0 Å². The van der Waals surface area contributed by atoms with E-state index in [0.717, 1.165) is 12.8 Å². The number of hydrogen-bond acceptors (Lipinski definition) is 3. The lowest BCUT2D eigenvalue weighted by atomic mass is 10.1. The third kappa shape index (κ3) is 0.849. The minimum absolute atomic E-state index is 0.132. The lowest BCUT2D eigenvalue weighted by molar-refractivity contribution is -0.175. The zero-order valence-corrected chi connectivity index (χ0v) is 7.23. The Bertz CT molecular complexity index is 251. The molecule has 0 aromatic carbocycles. The highest BCUT2D eigenvalue weighted by atomic mass is 16.7. The molecule has 3 fully saturated rings. The molecule has 2 aliphatic carbocycles. The molecule has 2 saturated carbocycles. The average molecular weight is 184 g/mol. The normalized spacial score (nSPS) is 45.1. The first kappa shape index (κ1) is 7.76. The number of carbonyl (C=O) groups is 1. The number of hydrogen-bond donors (Lipinski definition) is 1. The van der Waals surface area contributed by atoms with Gasteiger partial charge in [-0.3, -0.25) is 4.79 Å². The molecule has 13 heavy (non-hydrogen) atoms. The first-order valence-corrected chi connectivity index (χ1v) is 4.75. The van der Waals surface area contributed by atoms with Crippen LogP contribution in [0.4, 0.5) is 0 Å². The topological polar surface area (TPSA) is 55.8 Å². The maximum absolute atomic E-state index is 10.8. The van der Waals surface area contributed by atoms with E-state index in [-0.39, 0.29) is 11.8 Å². The van der Waals surface area contributed by atoms with Crippen LogP contribution in [0.2, 0.25) is 0 Å². The van der Waals surface area contributed by atoms with Crippen LogP contribution in [-0.4, -0.2) is 30.1 Å². The molecule has 1 heterocycles. The molecular formula is C9H12O4.